The van der Waals surface area contributed by atoms with Crippen molar-refractivity contribution in [2.24, 2.45) is 5.41 Å². The average molecular weight is 564 g/mol. The fraction of sp³-hybridized carbons (Fsp3) is 0.414. The summed E-state index contributed by atoms with van der Waals surface area (Å²) < 4.78 is 23.1. The van der Waals surface area contributed by atoms with E-state index in [1.807, 2.05) is 4.57 Å². The lowest BCUT2D eigenvalue weighted by Crippen LogP contribution is -2.41. The monoisotopic (exact) mass is 563 g/mol. The Bertz CT molecular complexity index is 1530. The molecule has 0 fully saturated rings. The summed E-state index contributed by atoms with van der Waals surface area (Å²) in [4.78, 5) is 41.0. The molecule has 0 atom stereocenters. The molecule has 3 aromatic rings. The topological polar surface area (TPSA) is 140 Å². The van der Waals surface area contributed by atoms with Crippen molar-refractivity contribution >= 4 is 17.6 Å². The van der Waals surface area contributed by atoms with Gasteiger partial charge in [-0.2, -0.15) is 0 Å². The largest absolute Gasteiger partial charge is 0.486 e. The molecule has 2 amide bonds. The zero-order chi connectivity index (χ0) is 29.5. The molecule has 2 aliphatic rings. The van der Waals surface area contributed by atoms with Crippen molar-refractivity contribution in [3.8, 4) is 17.0 Å². The van der Waals surface area contributed by atoms with Gasteiger partial charge < -0.3 is 29.9 Å². The highest BCUT2D eigenvalue weighted by molar-refractivity contribution is 5.94. The number of hydrogen-bond acceptors (Lipinski definition) is 8. The number of likely N-dealkylation sites (N-methyl/N-ethyl adjacent to an activating group) is 1. The summed E-state index contributed by atoms with van der Waals surface area (Å²) >= 11 is 0. The Kier molecular flexibility index (Phi) is 7.52. The number of rotatable bonds is 9. The Labute approximate surface area is 237 Å². The Balaban J connectivity index is 1.36. The first-order chi connectivity index (χ1) is 19.5. The van der Waals surface area contributed by atoms with Crippen molar-refractivity contribution in [2.45, 2.75) is 46.4 Å². The lowest BCUT2D eigenvalue weighted by Gasteiger charge is -2.30. The molecular formula is C29H34FN7O4. The number of ether oxygens (including phenoxy) is 1. The van der Waals surface area contributed by atoms with Gasteiger partial charge in [-0.3, -0.25) is 14.6 Å². The number of aliphatic hydroxyl groups excluding tert-OH is 1. The molecule has 216 valence electrons. The molecule has 41 heavy (non-hydrogen) atoms. The summed E-state index contributed by atoms with van der Waals surface area (Å²) in [6.45, 7) is 8.80. The molecule has 3 N–H and O–H groups in total. The number of amides is 2. The van der Waals surface area contributed by atoms with E-state index >= 15 is 4.39 Å². The van der Waals surface area contributed by atoms with Crippen LogP contribution in [0.1, 0.15) is 46.9 Å². The van der Waals surface area contributed by atoms with Crippen LogP contribution < -0.4 is 10.5 Å². The van der Waals surface area contributed by atoms with Crippen molar-refractivity contribution in [3.63, 3.8) is 0 Å². The number of aliphatic hydroxyl groups is 1. The number of halogens is 1. The third kappa shape index (κ3) is 5.26. The highest BCUT2D eigenvalue weighted by Gasteiger charge is 2.40. The van der Waals surface area contributed by atoms with Gasteiger partial charge in [0.15, 0.2) is 17.4 Å². The number of fused-ring (bicyclic) bond motifs is 3. The predicted octanol–water partition coefficient (Wildman–Crippen LogP) is 2.36. The van der Waals surface area contributed by atoms with Crippen LogP contribution in [0.15, 0.2) is 31.2 Å². The van der Waals surface area contributed by atoms with Crippen LogP contribution in [0.25, 0.3) is 11.3 Å². The predicted molar refractivity (Wildman–Crippen MR) is 149 cm³/mol. The van der Waals surface area contributed by atoms with Crippen LogP contribution in [0.5, 0.6) is 5.75 Å². The van der Waals surface area contributed by atoms with Gasteiger partial charge in [-0.1, -0.05) is 20.4 Å². The van der Waals surface area contributed by atoms with E-state index in [0.29, 0.717) is 47.6 Å². The first kappa shape index (κ1) is 28.2. The second-order valence-electron chi connectivity index (χ2n) is 11.2. The Hall–Kier alpha value is -4.32. The highest BCUT2D eigenvalue weighted by Crippen LogP contribution is 2.41. The van der Waals surface area contributed by atoms with E-state index in [0.717, 1.165) is 12.1 Å². The smallest absolute Gasteiger partial charge is 0.273 e. The highest BCUT2D eigenvalue weighted by atomic mass is 19.1. The maximum atomic E-state index is 15.4. The average Bonchev–Trinajstić information content (AvgIpc) is 3.41. The van der Waals surface area contributed by atoms with E-state index in [1.54, 1.807) is 24.2 Å². The van der Waals surface area contributed by atoms with Crippen LogP contribution in [-0.4, -0.2) is 73.0 Å². The van der Waals surface area contributed by atoms with Gasteiger partial charge in [0, 0.05) is 48.7 Å². The van der Waals surface area contributed by atoms with Crippen LogP contribution >= 0.6 is 0 Å². The fourth-order valence-electron chi connectivity index (χ4n) is 5.56. The Morgan fingerprint density at radius 3 is 2.80 bits per heavy atom. The molecule has 0 spiro atoms. The van der Waals surface area contributed by atoms with Gasteiger partial charge in [-0.05, 0) is 30.4 Å². The molecule has 5 rings (SSSR count). The molecule has 0 saturated carbocycles. The van der Waals surface area contributed by atoms with E-state index in [2.05, 4.69) is 35.4 Å². The molecule has 12 heteroatoms. The van der Waals surface area contributed by atoms with E-state index in [-0.39, 0.29) is 60.8 Å². The Morgan fingerprint density at radius 2 is 2.07 bits per heavy atom. The standard InChI is InChI=1S/C29H34FN7O4/c1-5-22(39)35(4)8-9-41-26-24(33-16-34-27(26)31)17-10-18(15-38)20(32-13-17)14-36-6-7-37-21-12-29(2,3)11-19(21)23(30)25(37)28(36)40/h5,10,13,16,38H,1,6-9,11-12,14-15H2,2-4H3,(H2,31,33,34). The van der Waals surface area contributed by atoms with E-state index in [9.17, 15) is 14.7 Å². The zero-order valence-corrected chi connectivity index (χ0v) is 23.5. The molecule has 1 aliphatic carbocycles. The van der Waals surface area contributed by atoms with Gasteiger partial charge in [0.25, 0.3) is 5.91 Å². The summed E-state index contributed by atoms with van der Waals surface area (Å²) in [7, 11) is 1.63. The van der Waals surface area contributed by atoms with Crippen molar-refractivity contribution in [2.75, 3.05) is 32.5 Å². The summed E-state index contributed by atoms with van der Waals surface area (Å²) in [6, 6.07) is 1.71. The molecule has 0 radical (unpaired) electrons. The molecule has 11 nitrogen and oxygen atoms in total. The van der Waals surface area contributed by atoms with E-state index in [1.165, 1.54) is 17.3 Å². The van der Waals surface area contributed by atoms with Gasteiger partial charge in [0.1, 0.15) is 24.3 Å². The minimum atomic E-state index is -0.417. The van der Waals surface area contributed by atoms with Gasteiger partial charge >= 0.3 is 0 Å². The molecule has 0 aromatic carbocycles. The van der Waals surface area contributed by atoms with Crippen LogP contribution in [0.3, 0.4) is 0 Å². The number of aromatic nitrogens is 4. The number of carbonyl (C=O) groups is 2. The summed E-state index contributed by atoms with van der Waals surface area (Å²) in [5, 5.41) is 10.2. The third-order valence-corrected chi connectivity index (χ3v) is 7.70. The number of pyridine rings is 1. The number of carbonyl (C=O) groups excluding carboxylic acids is 2. The normalized spacial score (nSPS) is 15.4. The second-order valence-corrected chi connectivity index (χ2v) is 11.2. The maximum Gasteiger partial charge on any atom is 0.273 e. The van der Waals surface area contributed by atoms with Gasteiger partial charge in [-0.15, -0.1) is 0 Å². The minimum absolute atomic E-state index is 0.0183. The lowest BCUT2D eigenvalue weighted by molar-refractivity contribution is -0.125. The van der Waals surface area contributed by atoms with Crippen LogP contribution in [0.4, 0.5) is 10.2 Å². The van der Waals surface area contributed by atoms with Gasteiger partial charge in [0.2, 0.25) is 5.91 Å². The lowest BCUT2D eigenvalue weighted by atomic mass is 9.90. The minimum Gasteiger partial charge on any atom is -0.486 e. The van der Waals surface area contributed by atoms with Gasteiger partial charge in [-0.25, -0.2) is 14.4 Å². The van der Waals surface area contributed by atoms with Gasteiger partial charge in [0.05, 0.1) is 25.4 Å². The second kappa shape index (κ2) is 10.9. The molecule has 1 aliphatic heterocycles. The van der Waals surface area contributed by atoms with Crippen molar-refractivity contribution < 1.29 is 23.8 Å². The van der Waals surface area contributed by atoms with Crippen molar-refractivity contribution in [1.82, 2.24) is 29.3 Å². The molecule has 3 aromatic heterocycles. The molecule has 0 bridgehead atoms. The molecular weight excluding hydrogens is 529 g/mol. The van der Waals surface area contributed by atoms with Crippen molar-refractivity contribution in [1.29, 1.82) is 0 Å². The van der Waals surface area contributed by atoms with Crippen molar-refractivity contribution in [3.05, 3.63) is 65.3 Å². The molecule has 4 heterocycles. The first-order valence-corrected chi connectivity index (χ1v) is 13.4. The number of nitrogens with two attached hydrogens (primary N) is 1. The van der Waals surface area contributed by atoms with E-state index in [4.69, 9.17) is 10.5 Å². The zero-order valence-electron chi connectivity index (χ0n) is 23.5. The first-order valence-electron chi connectivity index (χ1n) is 13.4. The summed E-state index contributed by atoms with van der Waals surface area (Å²) in [5.41, 5.74) is 9.62. The fourth-order valence-corrected chi connectivity index (χ4v) is 5.56. The number of hydrogen-bond donors (Lipinski definition) is 2. The molecule has 0 unspecified atom stereocenters. The summed E-state index contributed by atoms with van der Waals surface area (Å²) in [6.07, 6.45) is 5.43. The van der Waals surface area contributed by atoms with Crippen LogP contribution in [0, 0.1) is 11.2 Å². The van der Waals surface area contributed by atoms with Crippen LogP contribution in [-0.2, 0) is 37.3 Å². The Morgan fingerprint density at radius 1 is 1.29 bits per heavy atom. The summed E-state index contributed by atoms with van der Waals surface area (Å²) in [5.74, 6) is -0.699. The number of anilines is 1. The number of nitrogens with zero attached hydrogens (tertiary/aromatic N) is 6. The number of nitrogen functional groups attached to an aromatic ring is 1. The maximum absolute atomic E-state index is 15.4. The third-order valence-electron chi connectivity index (χ3n) is 7.70. The SMILES string of the molecule is C=CC(=O)N(C)CCOc1c(N)ncnc1-c1cnc(CN2CCn3c4c(c(F)c3C2=O)CC(C)(C)C4)c(CO)c1. The van der Waals surface area contributed by atoms with E-state index < -0.39 is 5.82 Å². The molecule has 0 saturated heterocycles. The quantitative estimate of drug-likeness (QED) is 0.378. The van der Waals surface area contributed by atoms with Crippen LogP contribution in [0.2, 0.25) is 0 Å².